The van der Waals surface area contributed by atoms with Gasteiger partial charge in [0.05, 0.1) is 0 Å². The highest BCUT2D eigenvalue weighted by atomic mass is 16.4. The van der Waals surface area contributed by atoms with E-state index >= 15 is 0 Å². The molecule has 0 aromatic heterocycles. The zero-order chi connectivity index (χ0) is 9.76. The summed E-state index contributed by atoms with van der Waals surface area (Å²) in [6.07, 6.45) is 5.86. The highest BCUT2D eigenvalue weighted by Gasteiger charge is 2.54. The summed E-state index contributed by atoms with van der Waals surface area (Å²) in [6.45, 7) is 1.60. The van der Waals surface area contributed by atoms with Crippen molar-refractivity contribution in [1.82, 2.24) is 4.90 Å². The fourth-order valence-electron chi connectivity index (χ4n) is 4.12. The van der Waals surface area contributed by atoms with Gasteiger partial charge in [-0.3, -0.25) is 0 Å². The lowest BCUT2D eigenvalue weighted by atomic mass is 9.72. The molecule has 3 aliphatic rings. The molecule has 2 aliphatic carbocycles. The predicted molar refractivity (Wildman–Crippen MR) is 52.1 cm³/mol. The van der Waals surface area contributed by atoms with Crippen molar-refractivity contribution < 1.29 is 9.90 Å². The normalized spacial score (nSPS) is 45.3. The van der Waals surface area contributed by atoms with Gasteiger partial charge in [0.25, 0.3) is 0 Å². The minimum atomic E-state index is -0.718. The maximum atomic E-state index is 10.9. The minimum Gasteiger partial charge on any atom is -0.465 e. The first-order valence-corrected chi connectivity index (χ1v) is 5.67. The molecule has 14 heavy (non-hydrogen) atoms. The van der Waals surface area contributed by atoms with Gasteiger partial charge in [0.15, 0.2) is 0 Å². The Morgan fingerprint density at radius 1 is 1.43 bits per heavy atom. The molecule has 1 aliphatic heterocycles. The maximum absolute atomic E-state index is 10.9. The first kappa shape index (κ1) is 8.57. The van der Waals surface area contributed by atoms with Crippen LogP contribution in [0.2, 0.25) is 0 Å². The van der Waals surface area contributed by atoms with Gasteiger partial charge in [0, 0.05) is 13.1 Å². The number of nitrogens with zero attached hydrogens (tertiary/aromatic N) is 1. The lowest BCUT2D eigenvalue weighted by molar-refractivity contribution is 0.133. The second-order valence-corrected chi connectivity index (χ2v) is 5.40. The molecule has 1 saturated heterocycles. The van der Waals surface area contributed by atoms with Crippen LogP contribution in [-0.4, -0.2) is 29.2 Å². The molecule has 3 heteroatoms. The highest BCUT2D eigenvalue weighted by Crippen LogP contribution is 2.59. The number of carboxylic acid groups (broad SMARTS) is 1. The third-order valence-corrected chi connectivity index (χ3v) is 4.76. The van der Waals surface area contributed by atoms with E-state index in [4.69, 9.17) is 5.11 Å². The summed E-state index contributed by atoms with van der Waals surface area (Å²) < 4.78 is 0. The van der Waals surface area contributed by atoms with Crippen molar-refractivity contribution in [3.8, 4) is 0 Å². The summed E-state index contributed by atoms with van der Waals surface area (Å²) in [5.41, 5.74) is 0.404. The summed E-state index contributed by atoms with van der Waals surface area (Å²) in [7, 11) is 0. The molecular formula is C11H17NO2. The number of hydrogen-bond donors (Lipinski definition) is 1. The van der Waals surface area contributed by atoms with Crippen molar-refractivity contribution in [1.29, 1.82) is 0 Å². The Balaban J connectivity index is 1.78. The Kier molecular flexibility index (Phi) is 1.62. The highest BCUT2D eigenvalue weighted by molar-refractivity contribution is 5.65. The molecule has 1 N–H and O–H groups in total. The van der Waals surface area contributed by atoms with Gasteiger partial charge in [-0.2, -0.15) is 0 Å². The Morgan fingerprint density at radius 2 is 2.29 bits per heavy atom. The summed E-state index contributed by atoms with van der Waals surface area (Å²) in [5.74, 6) is 1.77. The molecule has 3 rings (SSSR count). The van der Waals surface area contributed by atoms with E-state index < -0.39 is 6.09 Å². The quantitative estimate of drug-likeness (QED) is 0.643. The molecule has 3 fully saturated rings. The third-order valence-electron chi connectivity index (χ3n) is 4.76. The van der Waals surface area contributed by atoms with Gasteiger partial charge in [-0.05, 0) is 42.9 Å². The van der Waals surface area contributed by atoms with Crippen LogP contribution in [0.5, 0.6) is 0 Å². The lowest BCUT2D eigenvalue weighted by Gasteiger charge is -2.33. The van der Waals surface area contributed by atoms with Crippen LogP contribution in [0.1, 0.15) is 32.1 Å². The molecule has 0 aromatic rings. The molecule has 0 aromatic carbocycles. The predicted octanol–water partition coefficient (Wildman–Crippen LogP) is 2.18. The number of hydrogen-bond acceptors (Lipinski definition) is 1. The van der Waals surface area contributed by atoms with Crippen molar-refractivity contribution in [3.63, 3.8) is 0 Å². The van der Waals surface area contributed by atoms with Crippen molar-refractivity contribution in [2.45, 2.75) is 32.1 Å². The summed E-state index contributed by atoms with van der Waals surface area (Å²) >= 11 is 0. The first-order valence-electron chi connectivity index (χ1n) is 5.67. The van der Waals surface area contributed by atoms with E-state index in [0.717, 1.165) is 31.3 Å². The second-order valence-electron chi connectivity index (χ2n) is 5.40. The molecule has 78 valence electrons. The lowest BCUT2D eigenvalue weighted by Crippen LogP contribution is -2.34. The largest absolute Gasteiger partial charge is 0.465 e. The number of fused-ring (bicyclic) bond motifs is 3. The monoisotopic (exact) mass is 195 g/mol. The Morgan fingerprint density at radius 3 is 2.79 bits per heavy atom. The molecule has 0 radical (unpaired) electrons. The molecule has 1 spiro atoms. The minimum absolute atomic E-state index is 0.404. The summed E-state index contributed by atoms with van der Waals surface area (Å²) in [5, 5.41) is 8.95. The zero-order valence-electron chi connectivity index (χ0n) is 8.41. The zero-order valence-corrected chi connectivity index (χ0v) is 8.41. The van der Waals surface area contributed by atoms with Gasteiger partial charge in [-0.1, -0.05) is 6.42 Å². The van der Waals surface area contributed by atoms with Crippen LogP contribution >= 0.6 is 0 Å². The van der Waals surface area contributed by atoms with Crippen molar-refractivity contribution >= 4 is 6.09 Å². The van der Waals surface area contributed by atoms with Crippen molar-refractivity contribution in [2.24, 2.45) is 17.3 Å². The topological polar surface area (TPSA) is 40.5 Å². The summed E-state index contributed by atoms with van der Waals surface area (Å²) in [4.78, 5) is 12.5. The molecule has 3 nitrogen and oxygen atoms in total. The molecule has 1 heterocycles. The number of likely N-dealkylation sites (tertiary alicyclic amines) is 1. The summed E-state index contributed by atoms with van der Waals surface area (Å²) in [6, 6.07) is 0. The Bertz CT molecular complexity index is 278. The average molecular weight is 195 g/mol. The third kappa shape index (κ3) is 1.01. The van der Waals surface area contributed by atoms with E-state index in [2.05, 4.69) is 0 Å². The second kappa shape index (κ2) is 2.65. The van der Waals surface area contributed by atoms with Crippen molar-refractivity contribution in [2.75, 3.05) is 13.1 Å². The molecule has 3 unspecified atom stereocenters. The average Bonchev–Trinajstić information content (AvgIpc) is 2.79. The van der Waals surface area contributed by atoms with Crippen LogP contribution in [0.3, 0.4) is 0 Å². The maximum Gasteiger partial charge on any atom is 0.407 e. The van der Waals surface area contributed by atoms with Crippen LogP contribution in [0.25, 0.3) is 0 Å². The van der Waals surface area contributed by atoms with Gasteiger partial charge in [0.1, 0.15) is 0 Å². The van der Waals surface area contributed by atoms with E-state index in [1.54, 1.807) is 4.90 Å². The smallest absolute Gasteiger partial charge is 0.407 e. The van der Waals surface area contributed by atoms with Crippen LogP contribution in [-0.2, 0) is 0 Å². The Labute approximate surface area is 84.1 Å². The standard InChI is InChI=1S/C11H17NO2/c13-10(14)12-4-3-11(7-12)6-8-1-2-9(11)5-8/h8-9H,1-7H2,(H,13,14). The van der Waals surface area contributed by atoms with E-state index in [9.17, 15) is 4.79 Å². The number of amides is 1. The molecule has 1 amide bonds. The van der Waals surface area contributed by atoms with E-state index in [0.29, 0.717) is 5.41 Å². The van der Waals surface area contributed by atoms with E-state index in [-0.39, 0.29) is 0 Å². The van der Waals surface area contributed by atoms with E-state index in [1.165, 1.54) is 25.7 Å². The van der Waals surface area contributed by atoms with Crippen LogP contribution < -0.4 is 0 Å². The van der Waals surface area contributed by atoms with Crippen molar-refractivity contribution in [3.05, 3.63) is 0 Å². The van der Waals surface area contributed by atoms with Gasteiger partial charge in [0.2, 0.25) is 0 Å². The Hall–Kier alpha value is -0.730. The fourth-order valence-corrected chi connectivity index (χ4v) is 4.12. The van der Waals surface area contributed by atoms with Crippen LogP contribution in [0.15, 0.2) is 0 Å². The van der Waals surface area contributed by atoms with Gasteiger partial charge in [-0.25, -0.2) is 4.79 Å². The molecule has 2 bridgehead atoms. The molecule has 2 saturated carbocycles. The van der Waals surface area contributed by atoms with Crippen LogP contribution in [0.4, 0.5) is 4.79 Å². The molecular weight excluding hydrogens is 178 g/mol. The number of carbonyl (C=O) groups is 1. The number of rotatable bonds is 0. The van der Waals surface area contributed by atoms with E-state index in [1.807, 2.05) is 0 Å². The van der Waals surface area contributed by atoms with Gasteiger partial charge < -0.3 is 10.0 Å². The fraction of sp³-hybridized carbons (Fsp3) is 0.909. The van der Waals surface area contributed by atoms with Gasteiger partial charge in [-0.15, -0.1) is 0 Å². The molecule has 3 atom stereocenters. The van der Waals surface area contributed by atoms with Crippen LogP contribution in [0, 0.1) is 17.3 Å². The SMILES string of the molecule is O=C(O)N1CCC2(CC3CCC2C3)C1. The van der Waals surface area contributed by atoms with Gasteiger partial charge >= 0.3 is 6.09 Å². The first-order chi connectivity index (χ1) is 6.70.